The van der Waals surface area contributed by atoms with Crippen LogP contribution < -0.4 is 0 Å². The van der Waals surface area contributed by atoms with Crippen molar-refractivity contribution in [2.75, 3.05) is 0 Å². The van der Waals surface area contributed by atoms with Gasteiger partial charge >= 0.3 is 0 Å². The van der Waals surface area contributed by atoms with Gasteiger partial charge in [0.2, 0.25) is 0 Å². The predicted molar refractivity (Wildman–Crippen MR) is 258 cm³/mol. The monoisotopic (exact) mass is 790 g/mol. The van der Waals surface area contributed by atoms with Gasteiger partial charge in [-0.25, -0.2) is 9.97 Å². The zero-order valence-corrected chi connectivity index (χ0v) is 33.7. The molecule has 12 rings (SSSR count). The maximum atomic E-state index is 5.07. The molecule has 0 amide bonds. The number of aromatic nitrogens is 4. The molecule has 0 N–H and O–H groups in total. The lowest BCUT2D eigenvalue weighted by molar-refractivity contribution is 1.15. The molecular formula is C58H38N4. The number of fused-ring (bicyclic) bond motifs is 6. The van der Waals surface area contributed by atoms with Crippen molar-refractivity contribution in [3.8, 4) is 67.5 Å². The van der Waals surface area contributed by atoms with E-state index in [2.05, 4.69) is 215 Å². The van der Waals surface area contributed by atoms with Crippen LogP contribution in [0.1, 0.15) is 0 Å². The maximum Gasteiger partial charge on any atom is 0.160 e. The molecule has 0 aliphatic rings. The summed E-state index contributed by atoms with van der Waals surface area (Å²) in [4.78, 5) is 10.1. The number of hydrogen-bond acceptors (Lipinski definition) is 2. The number of rotatable bonds is 7. The van der Waals surface area contributed by atoms with E-state index in [1.807, 2.05) is 24.3 Å². The molecule has 12 aromatic rings. The highest BCUT2D eigenvalue weighted by Gasteiger charge is 2.18. The van der Waals surface area contributed by atoms with Crippen LogP contribution in [0, 0.1) is 0 Å². The minimum atomic E-state index is 0.712. The van der Waals surface area contributed by atoms with Crippen LogP contribution in [-0.4, -0.2) is 19.1 Å². The van der Waals surface area contributed by atoms with Gasteiger partial charge in [-0.1, -0.05) is 176 Å². The van der Waals surface area contributed by atoms with E-state index >= 15 is 0 Å². The minimum absolute atomic E-state index is 0.712. The van der Waals surface area contributed by atoms with Crippen molar-refractivity contribution in [3.63, 3.8) is 0 Å². The average molecular weight is 791 g/mol. The summed E-state index contributed by atoms with van der Waals surface area (Å²) in [6, 6.07) is 82.3. The molecule has 0 unspecified atom stereocenters. The summed E-state index contributed by atoms with van der Waals surface area (Å²) >= 11 is 0. The Morgan fingerprint density at radius 1 is 0.242 bits per heavy atom. The van der Waals surface area contributed by atoms with Crippen LogP contribution in [0.3, 0.4) is 0 Å². The first-order chi connectivity index (χ1) is 30.7. The Hall–Kier alpha value is -8.34. The zero-order valence-electron chi connectivity index (χ0n) is 33.7. The maximum absolute atomic E-state index is 5.07. The topological polar surface area (TPSA) is 35.6 Å². The van der Waals surface area contributed by atoms with Gasteiger partial charge in [0, 0.05) is 49.6 Å². The third-order valence-electron chi connectivity index (χ3n) is 12.2. The normalized spacial score (nSPS) is 11.5. The lowest BCUT2D eigenvalue weighted by Gasteiger charge is -2.12. The summed E-state index contributed by atoms with van der Waals surface area (Å²) in [5, 5.41) is 4.92. The van der Waals surface area contributed by atoms with Crippen LogP contribution in [-0.2, 0) is 0 Å². The lowest BCUT2D eigenvalue weighted by atomic mass is 10.00. The molecule has 0 aliphatic heterocycles. The van der Waals surface area contributed by atoms with Crippen molar-refractivity contribution in [2.24, 2.45) is 0 Å². The first-order valence-corrected chi connectivity index (χ1v) is 21.1. The van der Waals surface area contributed by atoms with Gasteiger partial charge in [0.25, 0.3) is 0 Å². The lowest BCUT2D eigenvalue weighted by Crippen LogP contribution is -1.97. The van der Waals surface area contributed by atoms with E-state index in [0.29, 0.717) is 5.82 Å². The van der Waals surface area contributed by atoms with Gasteiger partial charge < -0.3 is 9.13 Å². The molecule has 0 bridgehead atoms. The predicted octanol–water partition coefficient (Wildman–Crippen LogP) is 15.0. The fourth-order valence-electron chi connectivity index (χ4n) is 9.14. The molecule has 0 saturated heterocycles. The molecule has 0 aliphatic carbocycles. The zero-order chi connectivity index (χ0) is 41.0. The molecule has 0 atom stereocenters. The second-order valence-electron chi connectivity index (χ2n) is 15.8. The summed E-state index contributed by atoms with van der Waals surface area (Å²) in [6.45, 7) is 0. The molecule has 3 heterocycles. The Bertz CT molecular complexity index is 3480. The highest BCUT2D eigenvalue weighted by atomic mass is 15.0. The molecule has 290 valence electrons. The second-order valence-corrected chi connectivity index (χ2v) is 15.8. The van der Waals surface area contributed by atoms with E-state index in [0.717, 1.165) is 61.6 Å². The van der Waals surface area contributed by atoms with Crippen LogP contribution in [0.5, 0.6) is 0 Å². The van der Waals surface area contributed by atoms with Crippen LogP contribution >= 0.6 is 0 Å². The van der Waals surface area contributed by atoms with Crippen LogP contribution in [0.25, 0.3) is 111 Å². The van der Waals surface area contributed by atoms with Crippen molar-refractivity contribution >= 4 is 43.6 Å². The van der Waals surface area contributed by atoms with Crippen molar-refractivity contribution in [1.29, 1.82) is 0 Å². The fraction of sp³-hybridized carbons (Fsp3) is 0. The minimum Gasteiger partial charge on any atom is -0.309 e. The van der Waals surface area contributed by atoms with E-state index in [1.54, 1.807) is 0 Å². The Kier molecular flexibility index (Phi) is 8.46. The molecule has 0 fully saturated rings. The summed E-state index contributed by atoms with van der Waals surface area (Å²) in [5.41, 5.74) is 16.6. The highest BCUT2D eigenvalue weighted by Crippen LogP contribution is 2.39. The van der Waals surface area contributed by atoms with Crippen LogP contribution in [0.2, 0.25) is 0 Å². The first kappa shape index (κ1) is 35.6. The van der Waals surface area contributed by atoms with Crippen molar-refractivity contribution in [3.05, 3.63) is 231 Å². The standard InChI is InChI=1S/C58H38N4/c1-4-14-39(15-5-1)40-28-31-46(32-29-40)61-56-35-30-45(36-51(56)50-34-33-47(37-57(50)61)62-54-22-12-10-20-48(54)49-21-11-13-23-55(49)62)41-24-26-43(27-25-41)53-38-52(42-16-6-2-7-17-42)59-58(60-53)44-18-8-3-9-19-44/h1-38H. The molecular weight excluding hydrogens is 753 g/mol. The second kappa shape index (κ2) is 14.7. The van der Waals surface area contributed by atoms with E-state index in [4.69, 9.17) is 9.97 Å². The van der Waals surface area contributed by atoms with Gasteiger partial charge in [-0.05, 0) is 76.9 Å². The van der Waals surface area contributed by atoms with Gasteiger partial charge in [0.05, 0.1) is 33.5 Å². The van der Waals surface area contributed by atoms with E-state index in [9.17, 15) is 0 Å². The van der Waals surface area contributed by atoms with Gasteiger partial charge in [-0.2, -0.15) is 0 Å². The molecule has 0 radical (unpaired) electrons. The molecule has 4 heteroatoms. The van der Waals surface area contributed by atoms with Gasteiger partial charge in [-0.3, -0.25) is 0 Å². The average Bonchev–Trinajstić information content (AvgIpc) is 3.87. The third kappa shape index (κ3) is 6.08. The number of para-hydroxylation sites is 2. The molecule has 9 aromatic carbocycles. The van der Waals surface area contributed by atoms with E-state index in [1.165, 1.54) is 43.7 Å². The van der Waals surface area contributed by atoms with Crippen molar-refractivity contribution in [2.45, 2.75) is 0 Å². The number of hydrogen-bond donors (Lipinski definition) is 0. The Morgan fingerprint density at radius 3 is 1.31 bits per heavy atom. The number of benzene rings is 9. The smallest absolute Gasteiger partial charge is 0.160 e. The summed E-state index contributed by atoms with van der Waals surface area (Å²) in [6.07, 6.45) is 0. The van der Waals surface area contributed by atoms with Crippen LogP contribution in [0.15, 0.2) is 231 Å². The first-order valence-electron chi connectivity index (χ1n) is 21.1. The molecule has 0 saturated carbocycles. The van der Waals surface area contributed by atoms with Gasteiger partial charge in [-0.15, -0.1) is 0 Å². The van der Waals surface area contributed by atoms with Crippen molar-refractivity contribution < 1.29 is 0 Å². The van der Waals surface area contributed by atoms with Crippen molar-refractivity contribution in [1.82, 2.24) is 19.1 Å². The third-order valence-corrected chi connectivity index (χ3v) is 12.2. The molecule has 3 aromatic heterocycles. The molecule has 4 nitrogen and oxygen atoms in total. The Morgan fingerprint density at radius 2 is 0.661 bits per heavy atom. The Balaban J connectivity index is 0.989. The van der Waals surface area contributed by atoms with Gasteiger partial charge in [0.1, 0.15) is 0 Å². The summed E-state index contributed by atoms with van der Waals surface area (Å²) < 4.78 is 4.83. The fourth-order valence-corrected chi connectivity index (χ4v) is 9.14. The van der Waals surface area contributed by atoms with Gasteiger partial charge in [0.15, 0.2) is 5.82 Å². The molecule has 62 heavy (non-hydrogen) atoms. The quantitative estimate of drug-likeness (QED) is 0.161. The Labute approximate surface area is 359 Å². The summed E-state index contributed by atoms with van der Waals surface area (Å²) in [7, 11) is 0. The SMILES string of the molecule is c1ccc(-c2ccc(-n3c4ccc(-c5ccc(-c6cc(-c7ccccc7)nc(-c7ccccc7)n6)cc5)cc4c4ccc(-n5c6ccccc6c6ccccc65)cc43)cc2)cc1. The highest BCUT2D eigenvalue weighted by molar-refractivity contribution is 6.12. The number of nitrogens with zero attached hydrogens (tertiary/aromatic N) is 4. The van der Waals surface area contributed by atoms with Crippen LogP contribution in [0.4, 0.5) is 0 Å². The van der Waals surface area contributed by atoms with E-state index < -0.39 is 0 Å². The molecule has 0 spiro atoms. The van der Waals surface area contributed by atoms with E-state index in [-0.39, 0.29) is 0 Å². The largest absolute Gasteiger partial charge is 0.309 e. The summed E-state index contributed by atoms with van der Waals surface area (Å²) in [5.74, 6) is 0.712.